The van der Waals surface area contributed by atoms with Crippen molar-refractivity contribution in [3.63, 3.8) is 0 Å². The molecular weight excluding hydrogens is 270 g/mol. The number of hydrogen-bond acceptors (Lipinski definition) is 3. The third-order valence-electron chi connectivity index (χ3n) is 3.94. The molecule has 1 fully saturated rings. The number of hydrogen-bond donors (Lipinski definition) is 1. The highest BCUT2D eigenvalue weighted by atomic mass is 35.5. The summed E-state index contributed by atoms with van der Waals surface area (Å²) in [5.41, 5.74) is 2.52. The fourth-order valence-electron chi connectivity index (χ4n) is 2.63. The smallest absolute Gasteiger partial charge is 0.0471 e. The standard InChI is InChI=1S/C16H26ClN3/c1-4-19-8-10-20(11-9-19)16-7-5-6-15(17)14(16)12-18-13(2)3/h5-7,13,18H,4,8-12H2,1-3H3. The zero-order valence-electron chi connectivity index (χ0n) is 12.8. The molecule has 0 bridgehead atoms. The van der Waals surface area contributed by atoms with Gasteiger partial charge in [-0.2, -0.15) is 0 Å². The number of anilines is 1. The predicted molar refractivity (Wildman–Crippen MR) is 87.8 cm³/mol. The Kier molecular flexibility index (Phi) is 5.70. The average Bonchev–Trinajstić information content (AvgIpc) is 2.45. The number of nitrogens with one attached hydrogen (secondary N) is 1. The zero-order valence-corrected chi connectivity index (χ0v) is 13.6. The van der Waals surface area contributed by atoms with Crippen LogP contribution < -0.4 is 10.2 Å². The fraction of sp³-hybridized carbons (Fsp3) is 0.625. The predicted octanol–water partition coefficient (Wildman–Crippen LogP) is 2.98. The van der Waals surface area contributed by atoms with E-state index in [1.807, 2.05) is 6.07 Å². The minimum absolute atomic E-state index is 0.469. The van der Waals surface area contributed by atoms with Crippen LogP contribution in [0.5, 0.6) is 0 Å². The zero-order chi connectivity index (χ0) is 14.5. The topological polar surface area (TPSA) is 18.5 Å². The number of halogens is 1. The number of likely N-dealkylation sites (N-methyl/N-ethyl adjacent to an activating group) is 1. The summed E-state index contributed by atoms with van der Waals surface area (Å²) in [6.07, 6.45) is 0. The lowest BCUT2D eigenvalue weighted by atomic mass is 10.1. The van der Waals surface area contributed by atoms with E-state index in [0.29, 0.717) is 6.04 Å². The molecule has 0 aliphatic carbocycles. The van der Waals surface area contributed by atoms with Crippen molar-refractivity contribution in [1.29, 1.82) is 0 Å². The first-order valence-electron chi connectivity index (χ1n) is 7.60. The molecule has 0 unspecified atom stereocenters. The van der Waals surface area contributed by atoms with E-state index in [1.165, 1.54) is 11.3 Å². The molecule has 0 aromatic heterocycles. The third kappa shape index (κ3) is 3.87. The van der Waals surface area contributed by atoms with Gasteiger partial charge in [-0.15, -0.1) is 0 Å². The number of rotatable bonds is 5. The van der Waals surface area contributed by atoms with Crippen LogP contribution in [0, 0.1) is 0 Å². The first kappa shape index (κ1) is 15.6. The number of nitrogens with zero attached hydrogens (tertiary/aromatic N) is 2. The van der Waals surface area contributed by atoms with Crippen molar-refractivity contribution in [3.8, 4) is 0 Å². The van der Waals surface area contributed by atoms with Gasteiger partial charge in [-0.25, -0.2) is 0 Å². The molecule has 112 valence electrons. The van der Waals surface area contributed by atoms with Crippen LogP contribution in [0.4, 0.5) is 5.69 Å². The molecule has 0 radical (unpaired) electrons. The quantitative estimate of drug-likeness (QED) is 0.901. The van der Waals surface area contributed by atoms with Crippen LogP contribution in [0.25, 0.3) is 0 Å². The Bertz CT molecular complexity index is 426. The van der Waals surface area contributed by atoms with Crippen molar-refractivity contribution in [3.05, 3.63) is 28.8 Å². The molecule has 0 saturated carbocycles. The van der Waals surface area contributed by atoms with Crippen LogP contribution >= 0.6 is 11.6 Å². The van der Waals surface area contributed by atoms with Gasteiger partial charge < -0.3 is 15.1 Å². The van der Waals surface area contributed by atoms with Crippen molar-refractivity contribution < 1.29 is 0 Å². The second-order valence-corrected chi connectivity index (χ2v) is 6.10. The Morgan fingerprint density at radius 2 is 1.90 bits per heavy atom. The van der Waals surface area contributed by atoms with Crippen LogP contribution in [0.15, 0.2) is 18.2 Å². The lowest BCUT2D eigenvalue weighted by Crippen LogP contribution is -2.46. The van der Waals surface area contributed by atoms with Gasteiger partial charge in [-0.05, 0) is 18.7 Å². The normalized spacial score (nSPS) is 16.9. The molecule has 0 atom stereocenters. The van der Waals surface area contributed by atoms with Gasteiger partial charge in [-0.3, -0.25) is 0 Å². The minimum Gasteiger partial charge on any atom is -0.369 e. The Morgan fingerprint density at radius 3 is 2.50 bits per heavy atom. The van der Waals surface area contributed by atoms with E-state index in [1.54, 1.807) is 0 Å². The first-order valence-corrected chi connectivity index (χ1v) is 7.97. The Hall–Kier alpha value is -0.770. The highest BCUT2D eigenvalue weighted by Crippen LogP contribution is 2.28. The highest BCUT2D eigenvalue weighted by Gasteiger charge is 2.19. The summed E-state index contributed by atoms with van der Waals surface area (Å²) >= 11 is 6.41. The maximum Gasteiger partial charge on any atom is 0.0471 e. The molecule has 0 amide bonds. The van der Waals surface area contributed by atoms with E-state index in [-0.39, 0.29) is 0 Å². The van der Waals surface area contributed by atoms with Gasteiger partial charge in [0.05, 0.1) is 0 Å². The average molecular weight is 296 g/mol. The van der Waals surface area contributed by atoms with Crippen molar-refractivity contribution in [2.75, 3.05) is 37.6 Å². The molecule has 1 aromatic carbocycles. The first-order chi connectivity index (χ1) is 9.61. The van der Waals surface area contributed by atoms with Gasteiger partial charge in [-0.1, -0.05) is 38.4 Å². The van der Waals surface area contributed by atoms with Crippen molar-refractivity contribution in [2.45, 2.75) is 33.4 Å². The van der Waals surface area contributed by atoms with Crippen molar-refractivity contribution in [2.24, 2.45) is 0 Å². The number of benzene rings is 1. The lowest BCUT2D eigenvalue weighted by molar-refractivity contribution is 0.271. The number of piperazine rings is 1. The second kappa shape index (κ2) is 7.30. The fourth-order valence-corrected chi connectivity index (χ4v) is 2.87. The summed E-state index contributed by atoms with van der Waals surface area (Å²) in [6.45, 7) is 13.0. The Balaban J connectivity index is 2.12. The van der Waals surface area contributed by atoms with Gasteiger partial charge in [0.15, 0.2) is 0 Å². The Morgan fingerprint density at radius 1 is 1.20 bits per heavy atom. The van der Waals surface area contributed by atoms with E-state index in [9.17, 15) is 0 Å². The summed E-state index contributed by atoms with van der Waals surface area (Å²) in [7, 11) is 0. The van der Waals surface area contributed by atoms with Crippen LogP contribution in [-0.2, 0) is 6.54 Å². The molecular formula is C16H26ClN3. The maximum absolute atomic E-state index is 6.41. The molecule has 4 heteroatoms. The van der Waals surface area contributed by atoms with Crippen LogP contribution in [-0.4, -0.2) is 43.7 Å². The van der Waals surface area contributed by atoms with E-state index < -0.39 is 0 Å². The molecule has 1 aliphatic heterocycles. The van der Waals surface area contributed by atoms with Crippen LogP contribution in [0.3, 0.4) is 0 Å². The summed E-state index contributed by atoms with van der Waals surface area (Å²) in [6, 6.07) is 6.72. The lowest BCUT2D eigenvalue weighted by Gasteiger charge is -2.36. The molecule has 1 aliphatic rings. The van der Waals surface area contributed by atoms with Gasteiger partial charge in [0.25, 0.3) is 0 Å². The molecule has 1 saturated heterocycles. The molecule has 20 heavy (non-hydrogen) atoms. The van der Waals surface area contributed by atoms with Crippen LogP contribution in [0.2, 0.25) is 5.02 Å². The van der Waals surface area contributed by atoms with Crippen molar-refractivity contribution >= 4 is 17.3 Å². The monoisotopic (exact) mass is 295 g/mol. The summed E-state index contributed by atoms with van der Waals surface area (Å²) in [5.74, 6) is 0. The molecule has 1 aromatic rings. The largest absolute Gasteiger partial charge is 0.369 e. The van der Waals surface area contributed by atoms with Gasteiger partial charge in [0.2, 0.25) is 0 Å². The van der Waals surface area contributed by atoms with Crippen LogP contribution in [0.1, 0.15) is 26.3 Å². The molecule has 1 N–H and O–H groups in total. The third-order valence-corrected chi connectivity index (χ3v) is 4.30. The SMILES string of the molecule is CCN1CCN(c2cccc(Cl)c2CNC(C)C)CC1. The molecule has 3 nitrogen and oxygen atoms in total. The highest BCUT2D eigenvalue weighted by molar-refractivity contribution is 6.31. The van der Waals surface area contributed by atoms with E-state index in [0.717, 1.165) is 44.3 Å². The van der Waals surface area contributed by atoms with E-state index in [2.05, 4.69) is 48.0 Å². The second-order valence-electron chi connectivity index (χ2n) is 5.69. The maximum atomic E-state index is 6.41. The van der Waals surface area contributed by atoms with Gasteiger partial charge in [0, 0.05) is 55.0 Å². The van der Waals surface area contributed by atoms with E-state index in [4.69, 9.17) is 11.6 Å². The minimum atomic E-state index is 0.469. The molecule has 1 heterocycles. The van der Waals surface area contributed by atoms with Gasteiger partial charge >= 0.3 is 0 Å². The summed E-state index contributed by atoms with van der Waals surface area (Å²) in [4.78, 5) is 4.96. The molecule has 2 rings (SSSR count). The Labute approximate surface area is 127 Å². The van der Waals surface area contributed by atoms with E-state index >= 15 is 0 Å². The molecule has 0 spiro atoms. The van der Waals surface area contributed by atoms with Crippen molar-refractivity contribution in [1.82, 2.24) is 10.2 Å². The summed E-state index contributed by atoms with van der Waals surface area (Å²) in [5, 5.41) is 4.35. The van der Waals surface area contributed by atoms with Gasteiger partial charge in [0.1, 0.15) is 0 Å². The summed E-state index contributed by atoms with van der Waals surface area (Å²) < 4.78 is 0.